The molecular weight excluding hydrogens is 304 g/mol. The van der Waals surface area contributed by atoms with E-state index in [-0.39, 0.29) is 0 Å². The monoisotopic (exact) mass is 330 g/mol. The van der Waals surface area contributed by atoms with Crippen LogP contribution in [0.4, 0.5) is 0 Å². The van der Waals surface area contributed by atoms with E-state index in [1.54, 1.807) is 21.3 Å². The lowest BCUT2D eigenvalue weighted by Crippen LogP contribution is -2.29. The second-order valence-electron chi connectivity index (χ2n) is 5.50. The van der Waals surface area contributed by atoms with Crippen LogP contribution in [0.3, 0.4) is 0 Å². The van der Waals surface area contributed by atoms with Crippen LogP contribution in [-0.4, -0.2) is 39.3 Å². The summed E-state index contributed by atoms with van der Waals surface area (Å²) >= 11 is 0. The fourth-order valence-corrected chi connectivity index (χ4v) is 2.70. The molecule has 0 aliphatic carbocycles. The van der Waals surface area contributed by atoms with Gasteiger partial charge in [0.2, 0.25) is 0 Å². The Bertz CT molecular complexity index is 607. The Morgan fingerprint density at radius 1 is 0.875 bits per heavy atom. The quantitative estimate of drug-likeness (QED) is 0.766. The third-order valence-corrected chi connectivity index (χ3v) is 3.89. The van der Waals surface area contributed by atoms with Gasteiger partial charge in [-0.1, -0.05) is 30.3 Å². The van der Waals surface area contributed by atoms with Gasteiger partial charge < -0.3 is 19.9 Å². The molecule has 0 unspecified atom stereocenters. The number of nitrogens with two attached hydrogens (primary N) is 1. The largest absolute Gasteiger partial charge is 0.496 e. The molecule has 0 saturated heterocycles. The predicted octanol–water partition coefficient (Wildman–Crippen LogP) is 2.67. The molecule has 0 radical (unpaired) electrons. The van der Waals surface area contributed by atoms with Crippen molar-refractivity contribution < 1.29 is 14.2 Å². The minimum atomic E-state index is 0.591. The van der Waals surface area contributed by atoms with Gasteiger partial charge in [-0.15, -0.1) is 0 Å². The molecule has 0 heterocycles. The second-order valence-corrected chi connectivity index (χ2v) is 5.50. The molecule has 0 amide bonds. The van der Waals surface area contributed by atoms with Crippen molar-refractivity contribution >= 4 is 0 Å². The highest BCUT2D eigenvalue weighted by Gasteiger charge is 2.17. The maximum Gasteiger partial charge on any atom is 0.130 e. The van der Waals surface area contributed by atoms with E-state index >= 15 is 0 Å². The first-order valence-corrected chi connectivity index (χ1v) is 7.97. The van der Waals surface area contributed by atoms with Gasteiger partial charge in [-0.2, -0.15) is 0 Å². The Labute approximate surface area is 143 Å². The highest BCUT2D eigenvalue weighted by atomic mass is 16.5. The van der Waals surface area contributed by atoms with Crippen LogP contribution in [0.5, 0.6) is 17.2 Å². The van der Waals surface area contributed by atoms with Gasteiger partial charge in [0.25, 0.3) is 0 Å². The Morgan fingerprint density at radius 2 is 1.50 bits per heavy atom. The zero-order valence-electron chi connectivity index (χ0n) is 14.6. The lowest BCUT2D eigenvalue weighted by Gasteiger charge is -2.24. The number of rotatable bonds is 9. The SMILES string of the molecule is COc1cc(OC)c(CN(CCN)Cc2ccccc2)c(OC)c1. The summed E-state index contributed by atoms with van der Waals surface area (Å²) in [6, 6.07) is 14.1. The van der Waals surface area contributed by atoms with Crippen LogP contribution in [-0.2, 0) is 13.1 Å². The first kappa shape index (κ1) is 18.1. The average Bonchev–Trinajstić information content (AvgIpc) is 2.62. The highest BCUT2D eigenvalue weighted by Crippen LogP contribution is 2.35. The molecule has 0 aromatic heterocycles. The summed E-state index contributed by atoms with van der Waals surface area (Å²) in [6.45, 7) is 2.87. The molecule has 130 valence electrons. The van der Waals surface area contributed by atoms with E-state index < -0.39 is 0 Å². The van der Waals surface area contributed by atoms with Crippen molar-refractivity contribution in [2.24, 2.45) is 5.73 Å². The van der Waals surface area contributed by atoms with Crippen molar-refractivity contribution in [3.05, 3.63) is 53.6 Å². The standard InChI is InChI=1S/C19H26N2O3/c1-22-16-11-18(23-2)17(19(12-16)24-3)14-21(10-9-20)13-15-7-5-4-6-8-15/h4-8,11-12H,9-10,13-14,20H2,1-3H3. The summed E-state index contributed by atoms with van der Waals surface area (Å²) in [5, 5.41) is 0. The van der Waals surface area contributed by atoms with Gasteiger partial charge in [0.1, 0.15) is 17.2 Å². The molecule has 0 bridgehead atoms. The van der Waals surface area contributed by atoms with Crippen LogP contribution in [0.25, 0.3) is 0 Å². The molecule has 2 rings (SSSR count). The van der Waals surface area contributed by atoms with E-state index in [1.807, 2.05) is 30.3 Å². The number of hydrogen-bond acceptors (Lipinski definition) is 5. The average molecular weight is 330 g/mol. The van der Waals surface area contributed by atoms with Gasteiger partial charge in [-0.05, 0) is 5.56 Å². The zero-order chi connectivity index (χ0) is 17.4. The van der Waals surface area contributed by atoms with E-state index in [1.165, 1.54) is 5.56 Å². The van der Waals surface area contributed by atoms with E-state index in [4.69, 9.17) is 19.9 Å². The normalized spacial score (nSPS) is 10.7. The predicted molar refractivity (Wildman–Crippen MR) is 95.7 cm³/mol. The number of hydrogen-bond donors (Lipinski definition) is 1. The molecule has 0 aliphatic rings. The third kappa shape index (κ3) is 4.63. The molecule has 2 N–H and O–H groups in total. The van der Waals surface area contributed by atoms with Gasteiger partial charge in [-0.25, -0.2) is 0 Å². The van der Waals surface area contributed by atoms with E-state index in [2.05, 4.69) is 17.0 Å². The fourth-order valence-electron chi connectivity index (χ4n) is 2.70. The lowest BCUT2D eigenvalue weighted by atomic mass is 10.1. The summed E-state index contributed by atoms with van der Waals surface area (Å²) in [5.41, 5.74) is 8.04. The molecular formula is C19H26N2O3. The summed E-state index contributed by atoms with van der Waals surface area (Å²) in [5.74, 6) is 2.21. The van der Waals surface area contributed by atoms with Gasteiger partial charge >= 0.3 is 0 Å². The molecule has 0 spiro atoms. The number of benzene rings is 2. The van der Waals surface area contributed by atoms with E-state index in [0.717, 1.165) is 30.2 Å². The molecule has 0 aliphatic heterocycles. The van der Waals surface area contributed by atoms with Gasteiger partial charge in [0.15, 0.2) is 0 Å². The Kier molecular flexibility index (Phi) is 6.90. The first-order chi connectivity index (χ1) is 11.7. The summed E-state index contributed by atoms with van der Waals surface area (Å²) in [6.07, 6.45) is 0. The van der Waals surface area contributed by atoms with Crippen molar-refractivity contribution in [2.75, 3.05) is 34.4 Å². The second kappa shape index (κ2) is 9.15. The molecule has 24 heavy (non-hydrogen) atoms. The van der Waals surface area contributed by atoms with Crippen LogP contribution in [0, 0.1) is 0 Å². The summed E-state index contributed by atoms with van der Waals surface area (Å²) in [7, 11) is 4.94. The summed E-state index contributed by atoms with van der Waals surface area (Å²) in [4.78, 5) is 2.28. The fraction of sp³-hybridized carbons (Fsp3) is 0.368. The maximum atomic E-state index is 5.80. The zero-order valence-corrected chi connectivity index (χ0v) is 14.6. The molecule has 0 saturated carbocycles. The van der Waals surface area contributed by atoms with Gasteiger partial charge in [0.05, 0.1) is 26.9 Å². The van der Waals surface area contributed by atoms with Crippen LogP contribution >= 0.6 is 0 Å². The summed E-state index contributed by atoms with van der Waals surface area (Å²) < 4.78 is 16.4. The number of nitrogens with zero attached hydrogens (tertiary/aromatic N) is 1. The van der Waals surface area contributed by atoms with Crippen molar-refractivity contribution in [2.45, 2.75) is 13.1 Å². The third-order valence-electron chi connectivity index (χ3n) is 3.89. The van der Waals surface area contributed by atoms with Crippen molar-refractivity contribution in [1.82, 2.24) is 4.90 Å². The Hall–Kier alpha value is -2.24. The minimum absolute atomic E-state index is 0.591. The molecule has 0 fully saturated rings. The Balaban J connectivity index is 2.27. The lowest BCUT2D eigenvalue weighted by molar-refractivity contribution is 0.253. The van der Waals surface area contributed by atoms with Crippen molar-refractivity contribution in [3.63, 3.8) is 0 Å². The topological polar surface area (TPSA) is 57.0 Å². The van der Waals surface area contributed by atoms with Crippen molar-refractivity contribution in [3.8, 4) is 17.2 Å². The first-order valence-electron chi connectivity index (χ1n) is 7.97. The molecule has 2 aromatic carbocycles. The van der Waals surface area contributed by atoms with Crippen LogP contribution in [0.15, 0.2) is 42.5 Å². The molecule has 0 atom stereocenters. The molecule has 5 heteroatoms. The van der Waals surface area contributed by atoms with Gasteiger partial charge in [-0.3, -0.25) is 4.90 Å². The number of ether oxygens (including phenoxy) is 3. The highest BCUT2D eigenvalue weighted by molar-refractivity contribution is 5.50. The van der Waals surface area contributed by atoms with Gasteiger partial charge in [0, 0.05) is 38.3 Å². The van der Waals surface area contributed by atoms with Crippen molar-refractivity contribution in [1.29, 1.82) is 0 Å². The Morgan fingerprint density at radius 3 is 2.00 bits per heavy atom. The molecule has 2 aromatic rings. The smallest absolute Gasteiger partial charge is 0.130 e. The van der Waals surface area contributed by atoms with Crippen LogP contribution in [0.2, 0.25) is 0 Å². The van der Waals surface area contributed by atoms with Crippen LogP contribution in [0.1, 0.15) is 11.1 Å². The number of methoxy groups -OCH3 is 3. The van der Waals surface area contributed by atoms with E-state index in [9.17, 15) is 0 Å². The van der Waals surface area contributed by atoms with Crippen LogP contribution < -0.4 is 19.9 Å². The maximum absolute atomic E-state index is 5.80. The van der Waals surface area contributed by atoms with E-state index in [0.29, 0.717) is 18.8 Å². The molecule has 5 nitrogen and oxygen atoms in total. The minimum Gasteiger partial charge on any atom is -0.496 e.